The average Bonchev–Trinajstić information content (AvgIpc) is 3.57. The predicted molar refractivity (Wildman–Crippen MR) is 175 cm³/mol. The molecular formula is C38H54O4. The van der Waals surface area contributed by atoms with Gasteiger partial charge in [-0.25, -0.2) is 0 Å². The van der Waals surface area contributed by atoms with E-state index in [1.807, 2.05) is 0 Å². The smallest absolute Gasteiger partial charge is 0.180 e. The number of benzene rings is 2. The fourth-order valence-electron chi connectivity index (χ4n) is 6.38. The van der Waals surface area contributed by atoms with Crippen molar-refractivity contribution in [2.24, 2.45) is 0 Å². The quantitative estimate of drug-likeness (QED) is 0.110. The van der Waals surface area contributed by atoms with Crippen LogP contribution in [0.25, 0.3) is 12.2 Å². The van der Waals surface area contributed by atoms with Crippen LogP contribution < -0.4 is 0 Å². The first-order valence-corrected chi connectivity index (χ1v) is 16.8. The van der Waals surface area contributed by atoms with Crippen LogP contribution >= 0.6 is 0 Å². The molecule has 0 radical (unpaired) electrons. The van der Waals surface area contributed by atoms with Gasteiger partial charge < -0.3 is 18.9 Å². The molecule has 4 heteroatoms. The largest absolute Gasteiger partial charge is 0.349 e. The minimum absolute atomic E-state index is 0.243. The second kappa shape index (κ2) is 17.8. The van der Waals surface area contributed by atoms with E-state index in [1.54, 1.807) is 0 Å². The molecule has 0 spiro atoms. The van der Waals surface area contributed by atoms with E-state index in [1.165, 1.54) is 59.1 Å². The molecule has 0 amide bonds. The van der Waals surface area contributed by atoms with E-state index >= 15 is 0 Å². The van der Waals surface area contributed by atoms with E-state index in [4.69, 9.17) is 18.9 Å². The van der Waals surface area contributed by atoms with Gasteiger partial charge in [-0.3, -0.25) is 0 Å². The molecule has 0 heterocycles. The van der Waals surface area contributed by atoms with Gasteiger partial charge in [0.05, 0.1) is 0 Å². The van der Waals surface area contributed by atoms with Crippen LogP contribution in [0, 0.1) is 0 Å². The molecule has 2 aromatic rings. The zero-order chi connectivity index (χ0) is 29.6. The Morgan fingerprint density at radius 2 is 0.857 bits per heavy atom. The van der Waals surface area contributed by atoms with Gasteiger partial charge in [0.2, 0.25) is 0 Å². The predicted octanol–water partition coefficient (Wildman–Crippen LogP) is 10.0. The maximum Gasteiger partial charge on any atom is 0.180 e. The second-order valence-corrected chi connectivity index (χ2v) is 11.8. The van der Waals surface area contributed by atoms with Crippen LogP contribution in [0.2, 0.25) is 0 Å². The molecule has 2 aliphatic rings. The molecule has 0 fully saturated rings. The molecule has 4 rings (SSSR count). The molecule has 0 aliphatic heterocycles. The van der Waals surface area contributed by atoms with Gasteiger partial charge in [0.1, 0.15) is 0 Å². The van der Waals surface area contributed by atoms with Crippen LogP contribution in [-0.2, 0) is 18.9 Å². The summed E-state index contributed by atoms with van der Waals surface area (Å²) >= 11 is 0. The molecule has 2 atom stereocenters. The number of hydrogen-bond donors (Lipinski definition) is 0. The Labute approximate surface area is 255 Å². The lowest BCUT2D eigenvalue weighted by Gasteiger charge is -2.26. The highest BCUT2D eigenvalue weighted by Crippen LogP contribution is 2.44. The van der Waals surface area contributed by atoms with Crippen molar-refractivity contribution in [3.05, 3.63) is 81.9 Å². The summed E-state index contributed by atoms with van der Waals surface area (Å²) in [5.74, 6) is 0.756. The van der Waals surface area contributed by atoms with E-state index in [-0.39, 0.29) is 12.6 Å². The van der Waals surface area contributed by atoms with Gasteiger partial charge in [0.25, 0.3) is 0 Å². The van der Waals surface area contributed by atoms with Gasteiger partial charge in [-0.15, -0.1) is 0 Å². The highest BCUT2D eigenvalue weighted by Gasteiger charge is 2.32. The third-order valence-electron chi connectivity index (χ3n) is 8.37. The molecule has 2 aliphatic carbocycles. The Bertz CT molecular complexity index is 1030. The number of hydrogen-bond acceptors (Lipinski definition) is 4. The molecule has 0 saturated carbocycles. The Hall–Kier alpha value is -2.24. The summed E-state index contributed by atoms with van der Waals surface area (Å²) in [5.41, 5.74) is 8.13. The molecule has 42 heavy (non-hydrogen) atoms. The van der Waals surface area contributed by atoms with Crippen molar-refractivity contribution in [2.75, 3.05) is 26.4 Å². The van der Waals surface area contributed by atoms with Crippen LogP contribution in [0.1, 0.15) is 126 Å². The number of rotatable bonds is 21. The van der Waals surface area contributed by atoms with Crippen molar-refractivity contribution in [1.29, 1.82) is 0 Å². The van der Waals surface area contributed by atoms with Gasteiger partial charge >= 0.3 is 0 Å². The molecule has 0 bridgehead atoms. The molecular weight excluding hydrogens is 520 g/mol. The monoisotopic (exact) mass is 574 g/mol. The van der Waals surface area contributed by atoms with Gasteiger partial charge in [-0.2, -0.15) is 0 Å². The van der Waals surface area contributed by atoms with Crippen LogP contribution in [0.15, 0.2) is 59.7 Å². The van der Waals surface area contributed by atoms with E-state index < -0.39 is 0 Å². The third-order valence-corrected chi connectivity index (χ3v) is 8.37. The fourth-order valence-corrected chi connectivity index (χ4v) is 6.38. The summed E-state index contributed by atoms with van der Waals surface area (Å²) in [6.07, 6.45) is 15.3. The van der Waals surface area contributed by atoms with E-state index in [9.17, 15) is 0 Å². The van der Waals surface area contributed by atoms with Crippen molar-refractivity contribution >= 4 is 12.2 Å². The Morgan fingerprint density at radius 3 is 1.21 bits per heavy atom. The fraction of sp³-hybridized carbons (Fsp3) is 0.579. The van der Waals surface area contributed by atoms with Crippen molar-refractivity contribution < 1.29 is 18.9 Å². The maximum atomic E-state index is 6.23. The Kier molecular flexibility index (Phi) is 13.8. The first-order chi connectivity index (χ1) is 20.7. The summed E-state index contributed by atoms with van der Waals surface area (Å²) in [6, 6.07) is 17.7. The van der Waals surface area contributed by atoms with E-state index in [0.717, 1.165) is 65.0 Å². The van der Waals surface area contributed by atoms with E-state index in [2.05, 4.69) is 88.4 Å². The van der Waals surface area contributed by atoms with Gasteiger partial charge in [-0.1, -0.05) is 102 Å². The lowest BCUT2D eigenvalue weighted by atomic mass is 9.88. The third kappa shape index (κ3) is 8.66. The molecule has 4 nitrogen and oxygen atoms in total. The summed E-state index contributed by atoms with van der Waals surface area (Å²) in [7, 11) is 0. The zero-order valence-electron chi connectivity index (χ0n) is 26.6. The molecule has 2 unspecified atom stereocenters. The lowest BCUT2D eigenvalue weighted by Crippen LogP contribution is -2.23. The topological polar surface area (TPSA) is 36.9 Å². The zero-order valence-corrected chi connectivity index (χ0v) is 26.6. The lowest BCUT2D eigenvalue weighted by molar-refractivity contribution is -0.120. The minimum atomic E-state index is -0.243. The molecule has 2 aromatic carbocycles. The average molecular weight is 575 g/mol. The van der Waals surface area contributed by atoms with Gasteiger partial charge in [-0.05, 0) is 84.1 Å². The maximum absolute atomic E-state index is 6.23. The summed E-state index contributed by atoms with van der Waals surface area (Å²) in [6.45, 7) is 11.5. The minimum Gasteiger partial charge on any atom is -0.349 e. The number of unbranched alkanes of at least 4 members (excludes halogenated alkanes) is 3. The highest BCUT2D eigenvalue weighted by atomic mass is 16.7. The van der Waals surface area contributed by atoms with Crippen LogP contribution in [0.3, 0.4) is 0 Å². The summed E-state index contributed by atoms with van der Waals surface area (Å²) in [5, 5.41) is 0. The number of ether oxygens (including phenoxy) is 4. The van der Waals surface area contributed by atoms with Crippen LogP contribution in [-0.4, -0.2) is 39.0 Å². The van der Waals surface area contributed by atoms with Crippen molar-refractivity contribution in [3.8, 4) is 0 Å². The first-order valence-electron chi connectivity index (χ1n) is 16.8. The molecule has 0 saturated heterocycles. The molecule has 0 aromatic heterocycles. The van der Waals surface area contributed by atoms with Gasteiger partial charge in [0.15, 0.2) is 12.6 Å². The molecule has 0 N–H and O–H groups in total. The molecule has 230 valence electrons. The summed E-state index contributed by atoms with van der Waals surface area (Å²) in [4.78, 5) is 0. The van der Waals surface area contributed by atoms with Crippen molar-refractivity contribution in [3.63, 3.8) is 0 Å². The van der Waals surface area contributed by atoms with Crippen molar-refractivity contribution in [1.82, 2.24) is 0 Å². The standard InChI is InChI=1S/C38H54O4/c1-5-23-39-37(40-24-6-2)35-27-29-17-13-15-19-31(29)33(35)21-11-9-10-12-22-34-32-20-16-14-18-30(32)28-36(34)38(41-25-7-3)42-26-8-4/h13-20,27-28,33-34,37-38H,5-12,21-26H2,1-4H3. The Morgan fingerprint density at radius 1 is 0.500 bits per heavy atom. The van der Waals surface area contributed by atoms with Crippen LogP contribution in [0.4, 0.5) is 0 Å². The SMILES string of the molecule is CCCOC(OCCC)C1=Cc2ccccc2C1CCCCCCC1C(C(OCCC)OCCC)=Cc2ccccc21. The second-order valence-electron chi connectivity index (χ2n) is 11.8. The summed E-state index contributed by atoms with van der Waals surface area (Å²) < 4.78 is 24.9. The van der Waals surface area contributed by atoms with Crippen LogP contribution in [0.5, 0.6) is 0 Å². The van der Waals surface area contributed by atoms with Crippen molar-refractivity contribution in [2.45, 2.75) is 116 Å². The first kappa shape index (κ1) is 32.7. The normalized spacial score (nSPS) is 17.6. The highest BCUT2D eigenvalue weighted by molar-refractivity contribution is 5.68. The Balaban J connectivity index is 1.34. The van der Waals surface area contributed by atoms with E-state index in [0.29, 0.717) is 11.8 Å². The number of fused-ring (bicyclic) bond motifs is 2. The van der Waals surface area contributed by atoms with Gasteiger partial charge in [0, 0.05) is 38.3 Å².